The molecule has 154 valence electrons. The maximum absolute atomic E-state index is 7.11. The van der Waals surface area contributed by atoms with E-state index in [9.17, 15) is 0 Å². The number of halogens is 2. The maximum Gasteiger partial charge on any atom is 0.258 e. The van der Waals surface area contributed by atoms with Crippen molar-refractivity contribution < 1.29 is 4.43 Å². The van der Waals surface area contributed by atoms with Crippen molar-refractivity contribution in [3.8, 4) is 16.9 Å². The summed E-state index contributed by atoms with van der Waals surface area (Å²) >= 11 is 12.6. The highest BCUT2D eigenvalue weighted by atomic mass is 35.5. The zero-order valence-electron chi connectivity index (χ0n) is 18.1. The first-order valence-electron chi connectivity index (χ1n) is 10.3. The molecule has 0 heterocycles. The van der Waals surface area contributed by atoms with Gasteiger partial charge in [0.25, 0.3) is 8.32 Å². The van der Waals surface area contributed by atoms with Crippen LogP contribution < -0.4 is 4.43 Å². The third-order valence-electron chi connectivity index (χ3n) is 6.06. The summed E-state index contributed by atoms with van der Waals surface area (Å²) in [5.74, 6) is 0.949. The van der Waals surface area contributed by atoms with E-state index >= 15 is 0 Å². The predicted octanol–water partition coefficient (Wildman–Crippen LogP) is 9.37. The van der Waals surface area contributed by atoms with Crippen molar-refractivity contribution in [1.29, 1.82) is 0 Å². The fourth-order valence-electron chi connectivity index (χ4n) is 4.74. The molecule has 3 aromatic carbocycles. The Morgan fingerprint density at radius 3 is 1.66 bits per heavy atom. The minimum Gasteiger partial charge on any atom is -0.542 e. The van der Waals surface area contributed by atoms with Crippen LogP contribution in [0.5, 0.6) is 5.75 Å². The van der Waals surface area contributed by atoms with Crippen molar-refractivity contribution in [3.63, 3.8) is 0 Å². The second-order valence-electron chi connectivity index (χ2n) is 8.75. The largest absolute Gasteiger partial charge is 0.542 e. The quantitative estimate of drug-likeness (QED) is 0.343. The van der Waals surface area contributed by atoms with Gasteiger partial charge in [0.2, 0.25) is 0 Å². The minimum atomic E-state index is -2.10. The Labute approximate surface area is 186 Å². The van der Waals surface area contributed by atoms with Crippen molar-refractivity contribution in [2.45, 2.75) is 58.2 Å². The Morgan fingerprint density at radius 2 is 1.17 bits per heavy atom. The van der Waals surface area contributed by atoms with Crippen LogP contribution in [0.2, 0.25) is 26.7 Å². The molecule has 0 unspecified atom stereocenters. The first-order valence-corrected chi connectivity index (χ1v) is 13.2. The highest BCUT2D eigenvalue weighted by Gasteiger charge is 2.47. The monoisotopic (exact) mass is 444 g/mol. The highest BCUT2D eigenvalue weighted by molar-refractivity contribution is 6.78. The number of hydrogen-bond donors (Lipinski definition) is 0. The van der Waals surface area contributed by atoms with Crippen molar-refractivity contribution in [2.24, 2.45) is 0 Å². The Balaban J connectivity index is 2.28. The summed E-state index contributed by atoms with van der Waals surface area (Å²) in [5.41, 5.74) is 3.74. The van der Waals surface area contributed by atoms with E-state index in [2.05, 4.69) is 77.9 Å². The molecule has 0 N–H and O–H groups in total. The van der Waals surface area contributed by atoms with Gasteiger partial charge in [0.15, 0.2) is 0 Å². The van der Waals surface area contributed by atoms with Crippen LogP contribution in [0.25, 0.3) is 21.9 Å². The van der Waals surface area contributed by atoms with E-state index in [1.807, 2.05) is 18.2 Å². The maximum atomic E-state index is 7.11. The molecule has 0 bridgehead atoms. The van der Waals surface area contributed by atoms with Crippen LogP contribution in [-0.4, -0.2) is 8.32 Å². The van der Waals surface area contributed by atoms with Crippen LogP contribution in [0.15, 0.2) is 54.6 Å². The SMILES string of the molecule is CC(C)[Si](Oc1cc2cc(Cl)c(Cl)cc2cc1-c1ccccc1)(C(C)C)C(C)C. The van der Waals surface area contributed by atoms with Crippen LogP contribution in [0.1, 0.15) is 41.5 Å². The summed E-state index contributed by atoms with van der Waals surface area (Å²) < 4.78 is 7.11. The second-order valence-corrected chi connectivity index (χ2v) is 14.9. The molecule has 0 saturated heterocycles. The van der Waals surface area contributed by atoms with Gasteiger partial charge < -0.3 is 4.43 Å². The summed E-state index contributed by atoms with van der Waals surface area (Å²) in [6.07, 6.45) is 0. The fraction of sp³-hybridized carbons (Fsp3) is 0.360. The van der Waals surface area contributed by atoms with E-state index in [0.717, 1.165) is 27.6 Å². The van der Waals surface area contributed by atoms with Crippen molar-refractivity contribution in [1.82, 2.24) is 0 Å². The Morgan fingerprint density at radius 1 is 0.690 bits per heavy atom. The lowest BCUT2D eigenvalue weighted by Gasteiger charge is -2.42. The Kier molecular flexibility index (Phi) is 6.67. The van der Waals surface area contributed by atoms with E-state index in [1.54, 1.807) is 0 Å². The van der Waals surface area contributed by atoms with E-state index in [-0.39, 0.29) is 0 Å². The average molecular weight is 446 g/mol. The summed E-state index contributed by atoms with van der Waals surface area (Å²) in [4.78, 5) is 0. The molecule has 0 aliphatic rings. The van der Waals surface area contributed by atoms with Crippen LogP contribution in [0, 0.1) is 0 Å². The van der Waals surface area contributed by atoms with Gasteiger partial charge in [-0.3, -0.25) is 0 Å². The number of hydrogen-bond acceptors (Lipinski definition) is 1. The third-order valence-corrected chi connectivity index (χ3v) is 12.8. The molecule has 3 aromatic rings. The lowest BCUT2D eigenvalue weighted by molar-refractivity contribution is 0.482. The second kappa shape index (κ2) is 8.71. The van der Waals surface area contributed by atoms with E-state index < -0.39 is 8.32 Å². The molecule has 0 atom stereocenters. The molecule has 0 radical (unpaired) electrons. The number of rotatable bonds is 6. The van der Waals surface area contributed by atoms with Gasteiger partial charge in [-0.15, -0.1) is 0 Å². The third kappa shape index (κ3) is 4.21. The predicted molar refractivity (Wildman–Crippen MR) is 131 cm³/mol. The topological polar surface area (TPSA) is 9.23 Å². The van der Waals surface area contributed by atoms with Crippen LogP contribution in [0.4, 0.5) is 0 Å². The summed E-state index contributed by atoms with van der Waals surface area (Å²) in [5, 5.41) is 3.25. The van der Waals surface area contributed by atoms with Gasteiger partial charge in [-0.1, -0.05) is 95.1 Å². The summed E-state index contributed by atoms with van der Waals surface area (Å²) in [6, 6.07) is 18.6. The van der Waals surface area contributed by atoms with Gasteiger partial charge in [0.05, 0.1) is 10.0 Å². The van der Waals surface area contributed by atoms with Gasteiger partial charge in [-0.05, 0) is 57.2 Å². The van der Waals surface area contributed by atoms with Crippen molar-refractivity contribution >= 4 is 42.3 Å². The van der Waals surface area contributed by atoms with Gasteiger partial charge in [-0.2, -0.15) is 0 Å². The lowest BCUT2D eigenvalue weighted by Crippen LogP contribution is -2.50. The molecule has 0 saturated carbocycles. The normalized spacial score (nSPS) is 12.4. The smallest absolute Gasteiger partial charge is 0.258 e. The molecule has 0 aliphatic heterocycles. The Bertz CT molecular complexity index is 975. The molecule has 0 amide bonds. The number of benzene rings is 3. The first kappa shape index (κ1) is 22.2. The zero-order valence-corrected chi connectivity index (χ0v) is 20.6. The lowest BCUT2D eigenvalue weighted by atomic mass is 10.00. The van der Waals surface area contributed by atoms with Gasteiger partial charge in [0, 0.05) is 5.56 Å². The molecule has 29 heavy (non-hydrogen) atoms. The summed E-state index contributed by atoms with van der Waals surface area (Å²) in [7, 11) is -2.10. The van der Waals surface area contributed by atoms with E-state index in [4.69, 9.17) is 27.6 Å². The molecular weight excluding hydrogens is 415 g/mol. The molecular formula is C25H30Cl2OSi. The Hall–Kier alpha value is -1.48. The van der Waals surface area contributed by atoms with Crippen LogP contribution in [0.3, 0.4) is 0 Å². The molecule has 1 nitrogen and oxygen atoms in total. The highest BCUT2D eigenvalue weighted by Crippen LogP contribution is 2.46. The van der Waals surface area contributed by atoms with Gasteiger partial charge in [0.1, 0.15) is 5.75 Å². The van der Waals surface area contributed by atoms with Crippen molar-refractivity contribution in [2.75, 3.05) is 0 Å². The fourth-order valence-corrected chi connectivity index (χ4v) is 10.3. The molecule has 0 fully saturated rings. The first-order chi connectivity index (χ1) is 13.7. The molecule has 0 spiro atoms. The van der Waals surface area contributed by atoms with Gasteiger partial charge in [-0.25, -0.2) is 0 Å². The molecule has 4 heteroatoms. The molecule has 3 rings (SSSR count). The van der Waals surface area contributed by atoms with Gasteiger partial charge >= 0.3 is 0 Å². The minimum absolute atomic E-state index is 0.496. The zero-order chi connectivity index (χ0) is 21.3. The average Bonchev–Trinajstić information content (AvgIpc) is 2.66. The molecule has 0 aromatic heterocycles. The number of fused-ring (bicyclic) bond motifs is 1. The van der Waals surface area contributed by atoms with Crippen molar-refractivity contribution in [3.05, 3.63) is 64.6 Å². The van der Waals surface area contributed by atoms with E-state index in [0.29, 0.717) is 26.7 Å². The standard InChI is InChI=1S/C25H30Cl2OSi/c1-16(2)29(17(3)4,18(5)6)28-25-15-21-14-24(27)23(26)13-20(21)12-22(25)19-10-8-7-9-11-19/h7-18H,1-6H3. The van der Waals surface area contributed by atoms with Crippen LogP contribution in [-0.2, 0) is 0 Å². The molecule has 0 aliphatic carbocycles. The van der Waals surface area contributed by atoms with Crippen LogP contribution >= 0.6 is 23.2 Å². The summed E-state index contributed by atoms with van der Waals surface area (Å²) in [6.45, 7) is 13.9. The van der Waals surface area contributed by atoms with E-state index in [1.165, 1.54) is 0 Å².